The second-order valence-corrected chi connectivity index (χ2v) is 22.3. The van der Waals surface area contributed by atoms with Gasteiger partial charge in [-0.05, 0) is 79.5 Å². The number of carbonyl (C=O) groups excluding carboxylic acids is 1. The summed E-state index contributed by atoms with van der Waals surface area (Å²) in [7, 11) is -18.8. The molecule has 0 fully saturated rings. The Bertz CT molecular complexity index is 2960. The Morgan fingerprint density at radius 1 is 0.787 bits per heavy atom. The van der Waals surface area contributed by atoms with Crippen LogP contribution < -0.4 is 4.90 Å². The maximum absolute atomic E-state index is 12.8. The number of aldehydes is 1. The van der Waals surface area contributed by atoms with E-state index in [1.165, 1.54) is 36.4 Å². The molecule has 1 unspecified atom stereocenters. The third-order valence-corrected chi connectivity index (χ3v) is 15.4. The standard InChI is InChI=1S/C42H48N2O13S4/c1-6-20-43-33-25-35(60(52,53)54)29-18-16-27(58(46,47)48)23-31(29)39(33)41(2,3)37(43)14-10-9-11-15-38-42(4,5)40-32-24-28(59(49,50)51)17-19-30(32)36(61(55,56)57)26-34(40)44(38)21-12-7-8-13-22-45/h9-11,14-19,22,24-27H,6-8,12-13,20-21,23H2,1-5H3,(H3-,46,47,48,49,50,51,52,53,54,55,56,57)/p+1. The normalized spacial score (nSPS) is 19.4. The molecule has 0 spiro atoms. The van der Waals surface area contributed by atoms with Crippen molar-refractivity contribution in [2.45, 2.75) is 104 Å². The Balaban J connectivity index is 1.46. The first-order valence-corrected chi connectivity index (χ1v) is 25.4. The van der Waals surface area contributed by atoms with E-state index < -0.39 is 66.3 Å². The molecule has 0 aromatic heterocycles. The molecular weight excluding hydrogens is 869 g/mol. The summed E-state index contributed by atoms with van der Waals surface area (Å²) < 4.78 is 142. The third-order valence-electron chi connectivity index (χ3n) is 11.7. The molecule has 19 heteroatoms. The summed E-state index contributed by atoms with van der Waals surface area (Å²) in [6.07, 6.45) is 15.1. The number of fused-ring (bicyclic) bond motifs is 6. The number of allylic oxidation sites excluding steroid dienone is 6. The smallest absolute Gasteiger partial charge is 0.295 e. The molecule has 4 N–H and O–H groups in total. The van der Waals surface area contributed by atoms with Gasteiger partial charge in [-0.3, -0.25) is 18.2 Å². The zero-order chi connectivity index (χ0) is 45.1. The lowest BCUT2D eigenvalue weighted by molar-refractivity contribution is -0.437. The lowest BCUT2D eigenvalue weighted by atomic mass is 9.76. The van der Waals surface area contributed by atoms with Crippen LogP contribution in [-0.4, -0.2) is 86.8 Å². The lowest BCUT2D eigenvalue weighted by Crippen LogP contribution is -2.31. The van der Waals surface area contributed by atoms with Crippen LogP contribution in [0, 0.1) is 0 Å². The van der Waals surface area contributed by atoms with E-state index >= 15 is 0 Å². The summed E-state index contributed by atoms with van der Waals surface area (Å²) in [5, 5.41) is -1.05. The van der Waals surface area contributed by atoms with Crippen molar-refractivity contribution in [3.63, 3.8) is 0 Å². The van der Waals surface area contributed by atoms with Crippen LogP contribution in [0.3, 0.4) is 0 Å². The molecule has 1 atom stereocenters. The van der Waals surface area contributed by atoms with Crippen LogP contribution in [0.1, 0.15) is 89.0 Å². The number of hydrogen-bond acceptors (Lipinski definition) is 10. The topological polar surface area (TPSA) is 241 Å². The van der Waals surface area contributed by atoms with Crippen LogP contribution in [0.4, 0.5) is 11.4 Å². The van der Waals surface area contributed by atoms with Crippen molar-refractivity contribution in [3.8, 4) is 0 Å². The molecule has 0 radical (unpaired) electrons. The van der Waals surface area contributed by atoms with Crippen LogP contribution in [0.25, 0.3) is 16.8 Å². The van der Waals surface area contributed by atoms with Crippen LogP contribution in [0.15, 0.2) is 87.2 Å². The first-order chi connectivity index (χ1) is 28.3. The quantitative estimate of drug-likeness (QED) is 0.0406. The number of anilines is 1. The van der Waals surface area contributed by atoms with Crippen molar-refractivity contribution in [2.24, 2.45) is 0 Å². The van der Waals surface area contributed by atoms with Crippen LogP contribution in [-0.2, 0) is 62.5 Å². The summed E-state index contributed by atoms with van der Waals surface area (Å²) in [5.74, 6) is 0. The largest absolute Gasteiger partial charge is 0.344 e. The monoisotopic (exact) mass is 917 g/mol. The van der Waals surface area contributed by atoms with Gasteiger partial charge in [-0.2, -0.15) is 38.2 Å². The van der Waals surface area contributed by atoms with Gasteiger partial charge in [0.15, 0.2) is 5.71 Å². The molecule has 0 saturated carbocycles. The van der Waals surface area contributed by atoms with E-state index in [0.29, 0.717) is 79.0 Å². The van der Waals surface area contributed by atoms with Crippen molar-refractivity contribution in [1.29, 1.82) is 0 Å². The van der Waals surface area contributed by atoms with Crippen molar-refractivity contribution in [3.05, 3.63) is 94.7 Å². The molecular formula is C42H49N2O13S4+. The molecule has 6 rings (SSSR count). The molecule has 3 aromatic rings. The Labute approximate surface area is 356 Å². The van der Waals surface area contributed by atoms with Crippen LogP contribution in [0.2, 0.25) is 0 Å². The van der Waals surface area contributed by atoms with Gasteiger partial charge in [-0.1, -0.05) is 63.6 Å². The number of rotatable bonds is 15. The molecule has 3 aliphatic rings. The maximum atomic E-state index is 12.8. The summed E-state index contributed by atoms with van der Waals surface area (Å²) in [5.41, 5.74) is 2.41. The fourth-order valence-corrected chi connectivity index (χ4v) is 11.6. The Morgan fingerprint density at radius 3 is 2.08 bits per heavy atom. The molecule has 3 aromatic carbocycles. The van der Waals surface area contributed by atoms with Gasteiger partial charge in [0.05, 0.1) is 10.3 Å². The molecule has 328 valence electrons. The minimum Gasteiger partial charge on any atom is -0.344 e. The molecule has 0 saturated heterocycles. The second kappa shape index (κ2) is 16.4. The van der Waals surface area contributed by atoms with E-state index in [-0.39, 0.29) is 27.7 Å². The predicted octanol–water partition coefficient (Wildman–Crippen LogP) is 6.75. The number of benzene rings is 3. The average molecular weight is 918 g/mol. The number of unbranched alkanes of at least 4 members (excludes halogenated alkanes) is 3. The average Bonchev–Trinajstić information content (AvgIpc) is 3.50. The van der Waals surface area contributed by atoms with E-state index in [2.05, 4.69) is 0 Å². The third kappa shape index (κ3) is 8.71. The highest BCUT2D eigenvalue weighted by molar-refractivity contribution is 7.87. The van der Waals surface area contributed by atoms with Crippen molar-refractivity contribution in [1.82, 2.24) is 0 Å². The highest BCUT2D eigenvalue weighted by Crippen LogP contribution is 2.53. The van der Waals surface area contributed by atoms with Gasteiger partial charge in [-0.25, -0.2) is 0 Å². The van der Waals surface area contributed by atoms with Crippen molar-refractivity contribution < 1.29 is 61.3 Å². The fourth-order valence-electron chi connectivity index (χ4n) is 9.03. The number of nitrogens with zero attached hydrogens (tertiary/aromatic N) is 2. The molecule has 15 nitrogen and oxygen atoms in total. The molecule has 2 aliphatic heterocycles. The molecule has 0 amide bonds. The molecule has 61 heavy (non-hydrogen) atoms. The predicted molar refractivity (Wildman–Crippen MR) is 232 cm³/mol. The van der Waals surface area contributed by atoms with Gasteiger partial charge >= 0.3 is 0 Å². The van der Waals surface area contributed by atoms with E-state index in [0.717, 1.165) is 18.1 Å². The van der Waals surface area contributed by atoms with Gasteiger partial charge in [0.25, 0.3) is 40.5 Å². The summed E-state index contributed by atoms with van der Waals surface area (Å²) in [4.78, 5) is 11.6. The van der Waals surface area contributed by atoms with Crippen LogP contribution >= 0.6 is 0 Å². The minimum absolute atomic E-state index is 0.0655. The minimum atomic E-state index is -4.81. The summed E-state index contributed by atoms with van der Waals surface area (Å²) in [6, 6.07) is 6.25. The lowest BCUT2D eigenvalue weighted by Gasteiger charge is -2.27. The highest BCUT2D eigenvalue weighted by Gasteiger charge is 2.49. The van der Waals surface area contributed by atoms with E-state index in [1.807, 2.05) is 56.2 Å². The highest BCUT2D eigenvalue weighted by atomic mass is 32.2. The fraction of sp³-hybridized carbons (Fsp3) is 0.381. The molecule has 1 aliphatic carbocycles. The second-order valence-electron chi connectivity index (χ2n) is 16.4. The Hall–Kier alpha value is -4.34. The zero-order valence-corrected chi connectivity index (χ0v) is 37.5. The van der Waals surface area contributed by atoms with Gasteiger partial charge in [0.1, 0.15) is 27.9 Å². The van der Waals surface area contributed by atoms with E-state index in [4.69, 9.17) is 0 Å². The van der Waals surface area contributed by atoms with E-state index in [9.17, 15) is 56.7 Å². The summed E-state index contributed by atoms with van der Waals surface area (Å²) in [6.45, 7) is 10.4. The van der Waals surface area contributed by atoms with Gasteiger partial charge in [0, 0.05) is 59.3 Å². The summed E-state index contributed by atoms with van der Waals surface area (Å²) >= 11 is 0. The van der Waals surface area contributed by atoms with Gasteiger partial charge in [-0.15, -0.1) is 0 Å². The maximum Gasteiger partial charge on any atom is 0.295 e. The van der Waals surface area contributed by atoms with Crippen molar-refractivity contribution >= 4 is 80.7 Å². The zero-order valence-electron chi connectivity index (χ0n) is 34.2. The molecule has 0 bridgehead atoms. The Morgan fingerprint density at radius 2 is 1.48 bits per heavy atom. The van der Waals surface area contributed by atoms with Crippen LogP contribution in [0.5, 0.6) is 0 Å². The van der Waals surface area contributed by atoms with Crippen molar-refractivity contribution in [2.75, 3.05) is 18.0 Å². The van der Waals surface area contributed by atoms with Gasteiger partial charge < -0.3 is 9.69 Å². The Kier molecular flexibility index (Phi) is 12.4. The first kappa shape index (κ1) is 46.2. The molecule has 2 heterocycles. The van der Waals surface area contributed by atoms with Gasteiger partial charge in [0.2, 0.25) is 5.69 Å². The number of carbonyl (C=O) groups is 1. The number of hydrogen-bond donors (Lipinski definition) is 4. The SMILES string of the molecule is CCC[N+]1=C(C=CC=CC=C2N(CCCCCC=O)c3cc(S(=O)(=O)O)c4ccc(S(=O)(=O)O)cc4c3C2(C)C)C(C)(C)c2c1cc(S(=O)(=O)O)c1c2CC(S(=O)(=O)O)C=C1. The van der Waals surface area contributed by atoms with E-state index in [1.54, 1.807) is 18.2 Å². The first-order valence-electron chi connectivity index (χ1n) is 19.6.